The summed E-state index contributed by atoms with van der Waals surface area (Å²) in [4.78, 5) is 15.8. The van der Waals surface area contributed by atoms with Gasteiger partial charge in [-0.1, -0.05) is 58.7 Å². The number of hydrogen-bond donors (Lipinski definition) is 1. The molecule has 1 saturated carbocycles. The van der Waals surface area contributed by atoms with Gasteiger partial charge in [-0.25, -0.2) is 17.9 Å². The first kappa shape index (κ1) is 35.9. The summed E-state index contributed by atoms with van der Waals surface area (Å²) in [5.41, 5.74) is -2.71. The van der Waals surface area contributed by atoms with Crippen LogP contribution in [-0.2, 0) is 32.8 Å². The number of carbonyl (C=O) groups is 1. The van der Waals surface area contributed by atoms with Crippen molar-refractivity contribution in [3.63, 3.8) is 0 Å². The predicted octanol–water partition coefficient (Wildman–Crippen LogP) is 2.89. The van der Waals surface area contributed by atoms with Crippen LogP contribution in [0.4, 0.5) is 4.79 Å². The van der Waals surface area contributed by atoms with Gasteiger partial charge < -0.3 is 22.8 Å². The molecule has 0 bridgehead atoms. The minimum absolute atomic E-state index is 0.0246. The Morgan fingerprint density at radius 3 is 2.15 bits per heavy atom. The number of nitrogens with zero attached hydrogens (tertiary/aromatic N) is 1. The van der Waals surface area contributed by atoms with Crippen LogP contribution in [0.25, 0.3) is 0 Å². The lowest BCUT2D eigenvalue weighted by Gasteiger charge is -2.49. The molecule has 0 aromatic heterocycles. The number of hydrogen-bond acceptors (Lipinski definition) is 8. The lowest BCUT2D eigenvalue weighted by Crippen LogP contribution is -2.64. The highest BCUT2D eigenvalue weighted by Crippen LogP contribution is 2.51. The largest absolute Gasteiger partial charge is 0.444 e. The fourth-order valence-electron chi connectivity index (χ4n) is 6.29. The average Bonchev–Trinajstić information content (AvgIpc) is 3.03. The van der Waals surface area contributed by atoms with Crippen LogP contribution in [0, 0.1) is 5.92 Å². The van der Waals surface area contributed by atoms with E-state index in [1.807, 2.05) is 54.6 Å². The van der Waals surface area contributed by atoms with E-state index in [1.165, 1.54) is 6.42 Å². The monoisotopic (exact) mass is 640 g/mol. The molecule has 1 amide bonds. The molecule has 0 aromatic carbocycles. The first-order chi connectivity index (χ1) is 18.6. The van der Waals surface area contributed by atoms with Gasteiger partial charge in [-0.3, -0.25) is 4.90 Å². The molecule has 10 nitrogen and oxygen atoms in total. The number of nitrogens with one attached hydrogen (secondary N) is 1. The van der Waals surface area contributed by atoms with Gasteiger partial charge in [0.15, 0.2) is 41.4 Å². The molecule has 14 heteroatoms. The average molecular weight is 641 g/mol. The van der Waals surface area contributed by atoms with Gasteiger partial charge in [0.05, 0.1) is 12.3 Å². The third kappa shape index (κ3) is 9.59. The van der Waals surface area contributed by atoms with E-state index in [-0.39, 0.29) is 18.7 Å². The molecule has 0 unspecified atom stereocenters. The second-order valence-corrected chi connectivity index (χ2v) is 17.1. The lowest BCUT2D eigenvalue weighted by molar-refractivity contribution is -0.167. The molecule has 1 aliphatic heterocycles. The first-order valence-corrected chi connectivity index (χ1v) is 22.8. The van der Waals surface area contributed by atoms with E-state index in [2.05, 4.69) is 11.3 Å². The molecule has 1 heterocycles. The third-order valence-corrected chi connectivity index (χ3v) is 11.3. The summed E-state index contributed by atoms with van der Waals surface area (Å²) in [6.45, 7) is 17.2. The number of amides is 1. The van der Waals surface area contributed by atoms with Crippen molar-refractivity contribution in [3.05, 3.63) is 0 Å². The van der Waals surface area contributed by atoms with Crippen LogP contribution in [0.15, 0.2) is 0 Å². The molecule has 1 aliphatic carbocycles. The highest BCUT2D eigenvalue weighted by Gasteiger charge is 2.64. The molecule has 2 fully saturated rings. The van der Waals surface area contributed by atoms with Crippen LogP contribution >= 0.6 is 0 Å². The maximum absolute atomic E-state index is 14.1. The van der Waals surface area contributed by atoms with Gasteiger partial charge in [0, 0.05) is 6.42 Å². The summed E-state index contributed by atoms with van der Waals surface area (Å²) < 4.78 is 60.4. The summed E-state index contributed by atoms with van der Waals surface area (Å²) in [5.74, 6) is -0.859. The van der Waals surface area contributed by atoms with E-state index >= 15 is 0 Å². The highest BCUT2D eigenvalue weighted by atomic mass is 32.2. The van der Waals surface area contributed by atoms with E-state index in [4.69, 9.17) is 22.8 Å². The van der Waals surface area contributed by atoms with Gasteiger partial charge in [-0.2, -0.15) is 0 Å². The van der Waals surface area contributed by atoms with Crippen LogP contribution < -0.4 is 4.72 Å². The quantitative estimate of drug-likeness (QED) is 0.215. The molecule has 2 rings (SSSR count). The molecule has 1 saturated heterocycles. The molecular formula is C26H56N2O8SSi3. The van der Waals surface area contributed by atoms with E-state index in [1.54, 1.807) is 4.90 Å². The van der Waals surface area contributed by atoms with Crippen LogP contribution in [0.2, 0.25) is 19.6 Å². The van der Waals surface area contributed by atoms with Crippen LogP contribution in [0.1, 0.15) is 92.9 Å². The zero-order valence-corrected chi connectivity index (χ0v) is 31.5. The molecule has 0 aromatic rings. The molecule has 40 heavy (non-hydrogen) atoms. The molecule has 236 valence electrons. The SMILES string of the molecule is CCCS(=O)(=O)NCC(C[C@@]1(CC2CCCCC2)[C@H](O[SiH2]C)OC(C)(C)N1C(=O)OC(C)(C)C)(O[SiH2]C)O[SiH2]C. The maximum Gasteiger partial charge on any atom is 0.413 e. The van der Waals surface area contributed by atoms with Crippen molar-refractivity contribution >= 4 is 45.4 Å². The summed E-state index contributed by atoms with van der Waals surface area (Å²) in [6, 6.07) is 0. The van der Waals surface area contributed by atoms with Crippen molar-refractivity contribution in [2.75, 3.05) is 12.3 Å². The predicted molar refractivity (Wildman–Crippen MR) is 167 cm³/mol. The van der Waals surface area contributed by atoms with Crippen molar-refractivity contribution in [3.8, 4) is 0 Å². The molecule has 0 spiro atoms. The zero-order chi connectivity index (χ0) is 30.2. The van der Waals surface area contributed by atoms with Crippen molar-refractivity contribution in [1.29, 1.82) is 0 Å². The second kappa shape index (κ2) is 14.9. The Labute approximate surface area is 250 Å². The normalized spacial score (nSPS) is 26.5. The number of ether oxygens (including phenoxy) is 2. The molecular weight excluding hydrogens is 585 g/mol. The van der Waals surface area contributed by atoms with E-state index in [0.29, 0.717) is 18.8 Å². The third-order valence-electron chi connectivity index (χ3n) is 7.50. The van der Waals surface area contributed by atoms with Gasteiger partial charge in [-0.15, -0.1) is 0 Å². The summed E-state index contributed by atoms with van der Waals surface area (Å²) in [5, 5.41) is 0. The number of sulfonamides is 1. The Morgan fingerprint density at radius 1 is 1.05 bits per heavy atom. The van der Waals surface area contributed by atoms with E-state index < -0.39 is 74.3 Å². The standard InChI is InChI=1S/C26H56N2O8SSi3/c1-10-16-37(30,31)27-19-26(35-39-8,36-40-9)18-25(17-20-14-12-11-13-15-20)21(34-38-7)32-24(5,6)28(25)22(29)33-23(2,3)4/h20-21,27H,10-19,38-40H2,1-9H3/t21-,25-/m0/s1. The van der Waals surface area contributed by atoms with Crippen molar-refractivity contribution in [1.82, 2.24) is 9.62 Å². The van der Waals surface area contributed by atoms with E-state index in [9.17, 15) is 13.2 Å². The summed E-state index contributed by atoms with van der Waals surface area (Å²) in [6.07, 6.45) is 5.81. The van der Waals surface area contributed by atoms with Gasteiger partial charge in [0.1, 0.15) is 16.9 Å². The Balaban J connectivity index is 2.72. The van der Waals surface area contributed by atoms with E-state index in [0.717, 1.165) is 25.7 Å². The Morgan fingerprint density at radius 2 is 1.65 bits per heavy atom. The van der Waals surface area contributed by atoms with Crippen molar-refractivity contribution < 1.29 is 36.0 Å². The minimum Gasteiger partial charge on any atom is -0.444 e. The van der Waals surface area contributed by atoms with Crippen LogP contribution in [0.5, 0.6) is 0 Å². The Bertz CT molecular complexity index is 906. The van der Waals surface area contributed by atoms with Crippen LogP contribution in [-0.4, -0.2) is 89.9 Å². The first-order valence-electron chi connectivity index (χ1n) is 15.2. The minimum atomic E-state index is -3.52. The zero-order valence-electron chi connectivity index (χ0n) is 26.5. The Kier molecular flexibility index (Phi) is 13.4. The molecule has 2 aliphatic rings. The van der Waals surface area contributed by atoms with Crippen LogP contribution in [0.3, 0.4) is 0 Å². The summed E-state index contributed by atoms with van der Waals surface area (Å²) in [7, 11) is -6.56. The van der Waals surface area contributed by atoms with Gasteiger partial charge in [0.25, 0.3) is 0 Å². The maximum atomic E-state index is 14.1. The second-order valence-electron chi connectivity index (χ2n) is 12.6. The fourth-order valence-corrected chi connectivity index (χ4v) is 9.89. The summed E-state index contributed by atoms with van der Waals surface area (Å²) >= 11 is 0. The highest BCUT2D eigenvalue weighted by molar-refractivity contribution is 7.89. The fraction of sp³-hybridized carbons (Fsp3) is 0.962. The number of rotatable bonds is 15. The topological polar surface area (TPSA) is 113 Å². The van der Waals surface area contributed by atoms with Gasteiger partial charge in [-0.05, 0) is 53.4 Å². The molecule has 1 N–H and O–H groups in total. The molecule has 0 radical (unpaired) electrons. The smallest absolute Gasteiger partial charge is 0.413 e. The van der Waals surface area contributed by atoms with Gasteiger partial charge >= 0.3 is 6.09 Å². The van der Waals surface area contributed by atoms with Crippen molar-refractivity contribution in [2.45, 2.75) is 141 Å². The Hall–Kier alpha value is -0.329. The van der Waals surface area contributed by atoms with Gasteiger partial charge in [0.2, 0.25) is 10.0 Å². The van der Waals surface area contributed by atoms with Crippen molar-refractivity contribution in [2.24, 2.45) is 5.92 Å². The number of carbonyl (C=O) groups excluding carboxylic acids is 1. The molecule has 2 atom stereocenters. The lowest BCUT2D eigenvalue weighted by atomic mass is 9.75.